The number of aromatic nitrogens is 2. The van der Waals surface area contributed by atoms with Crippen LogP contribution < -0.4 is 5.73 Å². The fourth-order valence-corrected chi connectivity index (χ4v) is 3.03. The van der Waals surface area contributed by atoms with Crippen LogP contribution in [0.5, 0.6) is 0 Å². The van der Waals surface area contributed by atoms with Crippen molar-refractivity contribution in [3.8, 4) is 0 Å². The van der Waals surface area contributed by atoms with Crippen LogP contribution in [-0.4, -0.2) is 39.7 Å². The molecule has 5 nitrogen and oxygen atoms in total. The highest BCUT2D eigenvalue weighted by Crippen LogP contribution is 2.24. The van der Waals surface area contributed by atoms with E-state index in [2.05, 4.69) is 5.10 Å². The highest BCUT2D eigenvalue weighted by atomic mass is 35.5. The zero-order valence-corrected chi connectivity index (χ0v) is 13.3. The van der Waals surface area contributed by atoms with Gasteiger partial charge in [0.15, 0.2) is 0 Å². The summed E-state index contributed by atoms with van der Waals surface area (Å²) in [5, 5.41) is 5.29. The topological polar surface area (TPSA) is 64.2 Å². The number of carbonyl (C=O) groups is 1. The summed E-state index contributed by atoms with van der Waals surface area (Å²) in [6, 6.07) is 6.73. The van der Waals surface area contributed by atoms with Crippen LogP contribution in [0.25, 0.3) is 0 Å². The predicted molar refractivity (Wildman–Crippen MR) is 86.0 cm³/mol. The monoisotopic (exact) mass is 338 g/mol. The molecule has 0 bridgehead atoms. The van der Waals surface area contributed by atoms with Gasteiger partial charge in [-0.15, -0.1) is 0 Å². The number of nitrogens with zero attached hydrogens (tertiary/aromatic N) is 3. The Labute approximate surface area is 138 Å². The van der Waals surface area contributed by atoms with E-state index < -0.39 is 6.04 Å². The lowest BCUT2D eigenvalue weighted by atomic mass is 10.0. The van der Waals surface area contributed by atoms with Crippen molar-refractivity contribution in [2.75, 3.05) is 13.1 Å². The molecule has 1 fully saturated rings. The fourth-order valence-electron chi connectivity index (χ4n) is 2.55. The molecule has 0 radical (unpaired) electrons. The van der Waals surface area contributed by atoms with Crippen molar-refractivity contribution in [1.82, 2.24) is 14.7 Å². The molecule has 1 saturated heterocycles. The molecule has 1 aromatic carbocycles. The molecule has 116 valence electrons. The summed E-state index contributed by atoms with van der Waals surface area (Å²) >= 11 is 12.0. The number of rotatable bonds is 4. The normalized spacial score (nSPS) is 16.4. The van der Waals surface area contributed by atoms with Crippen molar-refractivity contribution in [1.29, 1.82) is 0 Å². The quantitative estimate of drug-likeness (QED) is 0.928. The molecule has 0 spiro atoms. The van der Waals surface area contributed by atoms with Crippen LogP contribution in [0.15, 0.2) is 36.7 Å². The van der Waals surface area contributed by atoms with Gasteiger partial charge in [-0.3, -0.25) is 9.48 Å². The molecule has 1 aromatic heterocycles. The van der Waals surface area contributed by atoms with E-state index >= 15 is 0 Å². The number of likely N-dealkylation sites (tertiary alicyclic amines) is 1. The van der Waals surface area contributed by atoms with Gasteiger partial charge in [0.05, 0.1) is 12.1 Å². The number of hydrogen-bond acceptors (Lipinski definition) is 3. The first-order valence-corrected chi connectivity index (χ1v) is 7.77. The molecule has 2 aromatic rings. The molecule has 7 heteroatoms. The molecule has 1 aliphatic rings. The molecule has 1 unspecified atom stereocenters. The number of carbonyl (C=O) groups excluding carboxylic acids is 1. The standard InChI is InChI=1S/C15H16Cl2N4O/c16-11-3-2-10(13(17)7-11)6-14(18)15(22)20-8-12(9-20)21-5-1-4-19-21/h1-5,7,12,14H,6,8-9,18H2. The lowest BCUT2D eigenvalue weighted by Gasteiger charge is -2.40. The summed E-state index contributed by atoms with van der Waals surface area (Å²) in [5.41, 5.74) is 6.86. The Morgan fingerprint density at radius 3 is 2.82 bits per heavy atom. The fraction of sp³-hybridized carbons (Fsp3) is 0.333. The average molecular weight is 339 g/mol. The minimum absolute atomic E-state index is 0.0607. The third kappa shape index (κ3) is 3.11. The zero-order chi connectivity index (χ0) is 15.7. The van der Waals surface area contributed by atoms with Crippen molar-refractivity contribution in [3.63, 3.8) is 0 Å². The first kappa shape index (κ1) is 15.3. The second-order valence-electron chi connectivity index (χ2n) is 5.43. The van der Waals surface area contributed by atoms with Gasteiger partial charge in [-0.05, 0) is 30.2 Å². The summed E-state index contributed by atoms with van der Waals surface area (Å²) in [6.45, 7) is 1.28. The summed E-state index contributed by atoms with van der Waals surface area (Å²) in [5.74, 6) is -0.0607. The van der Waals surface area contributed by atoms with Gasteiger partial charge in [0.1, 0.15) is 0 Å². The first-order valence-electron chi connectivity index (χ1n) is 7.02. The zero-order valence-electron chi connectivity index (χ0n) is 11.8. The number of amides is 1. The van der Waals surface area contributed by atoms with Crippen molar-refractivity contribution in [2.45, 2.75) is 18.5 Å². The third-order valence-electron chi connectivity index (χ3n) is 3.85. The Hall–Kier alpha value is -1.56. The second-order valence-corrected chi connectivity index (χ2v) is 6.27. The second kappa shape index (κ2) is 6.28. The van der Waals surface area contributed by atoms with E-state index in [0.29, 0.717) is 29.6 Å². The molecular weight excluding hydrogens is 323 g/mol. The molecular formula is C15H16Cl2N4O. The highest BCUT2D eigenvalue weighted by molar-refractivity contribution is 6.35. The van der Waals surface area contributed by atoms with E-state index in [1.54, 1.807) is 29.3 Å². The molecule has 3 rings (SSSR count). The number of halogens is 2. The first-order chi connectivity index (χ1) is 10.5. The van der Waals surface area contributed by atoms with E-state index in [0.717, 1.165) is 5.56 Å². The number of nitrogens with two attached hydrogens (primary N) is 1. The van der Waals surface area contributed by atoms with Crippen LogP contribution in [0.3, 0.4) is 0 Å². The van der Waals surface area contributed by atoms with Gasteiger partial charge < -0.3 is 10.6 Å². The smallest absolute Gasteiger partial charge is 0.239 e. The highest BCUT2D eigenvalue weighted by Gasteiger charge is 2.34. The van der Waals surface area contributed by atoms with Crippen LogP contribution in [-0.2, 0) is 11.2 Å². The largest absolute Gasteiger partial charge is 0.337 e. The molecule has 22 heavy (non-hydrogen) atoms. The van der Waals surface area contributed by atoms with Gasteiger partial charge in [0, 0.05) is 35.5 Å². The molecule has 0 saturated carbocycles. The van der Waals surface area contributed by atoms with Crippen molar-refractivity contribution < 1.29 is 4.79 Å². The van der Waals surface area contributed by atoms with Gasteiger partial charge in [0.2, 0.25) is 5.91 Å². The van der Waals surface area contributed by atoms with Crippen LogP contribution in [0, 0.1) is 0 Å². The van der Waals surface area contributed by atoms with Gasteiger partial charge in [-0.1, -0.05) is 29.3 Å². The van der Waals surface area contributed by atoms with Gasteiger partial charge in [-0.25, -0.2) is 0 Å². The van der Waals surface area contributed by atoms with Gasteiger partial charge in [0.25, 0.3) is 0 Å². The Balaban J connectivity index is 1.57. The molecule has 2 N–H and O–H groups in total. The van der Waals surface area contributed by atoms with E-state index in [9.17, 15) is 4.79 Å². The molecule has 1 aliphatic heterocycles. The van der Waals surface area contributed by atoms with Crippen molar-refractivity contribution >= 4 is 29.1 Å². The van der Waals surface area contributed by atoms with Crippen LogP contribution >= 0.6 is 23.2 Å². The van der Waals surface area contributed by atoms with E-state index in [-0.39, 0.29) is 11.9 Å². The van der Waals surface area contributed by atoms with Crippen molar-refractivity contribution in [3.05, 3.63) is 52.3 Å². The van der Waals surface area contributed by atoms with E-state index in [4.69, 9.17) is 28.9 Å². The van der Waals surface area contributed by atoms with Crippen LogP contribution in [0.2, 0.25) is 10.0 Å². The number of benzene rings is 1. The summed E-state index contributed by atoms with van der Waals surface area (Å²) in [6.07, 6.45) is 4.04. The molecule has 1 atom stereocenters. The maximum atomic E-state index is 12.3. The Morgan fingerprint density at radius 1 is 1.41 bits per heavy atom. The Bertz CT molecular complexity index is 668. The minimum atomic E-state index is -0.600. The van der Waals surface area contributed by atoms with E-state index in [1.807, 2.05) is 16.9 Å². The summed E-state index contributed by atoms with van der Waals surface area (Å²) in [4.78, 5) is 14.1. The lowest BCUT2D eigenvalue weighted by molar-refractivity contribution is -0.138. The van der Waals surface area contributed by atoms with Gasteiger partial charge in [-0.2, -0.15) is 5.10 Å². The molecule has 0 aliphatic carbocycles. The summed E-state index contributed by atoms with van der Waals surface area (Å²) < 4.78 is 1.87. The maximum absolute atomic E-state index is 12.3. The molecule has 1 amide bonds. The van der Waals surface area contributed by atoms with Gasteiger partial charge >= 0.3 is 0 Å². The minimum Gasteiger partial charge on any atom is -0.337 e. The number of hydrogen-bond donors (Lipinski definition) is 1. The lowest BCUT2D eigenvalue weighted by Crippen LogP contribution is -2.56. The molecule has 2 heterocycles. The van der Waals surface area contributed by atoms with Crippen LogP contribution in [0.1, 0.15) is 11.6 Å². The average Bonchev–Trinajstić information content (AvgIpc) is 2.94. The van der Waals surface area contributed by atoms with Crippen LogP contribution in [0.4, 0.5) is 0 Å². The Kier molecular flexibility index (Phi) is 4.38. The predicted octanol–water partition coefficient (Wildman–Crippen LogP) is 2.14. The van der Waals surface area contributed by atoms with E-state index in [1.165, 1.54) is 0 Å². The van der Waals surface area contributed by atoms with Crippen molar-refractivity contribution in [2.24, 2.45) is 5.73 Å². The Morgan fingerprint density at radius 2 is 2.18 bits per heavy atom. The third-order valence-corrected chi connectivity index (χ3v) is 4.43. The maximum Gasteiger partial charge on any atom is 0.239 e. The SMILES string of the molecule is NC(Cc1ccc(Cl)cc1Cl)C(=O)N1CC(n2cccn2)C1. The summed E-state index contributed by atoms with van der Waals surface area (Å²) in [7, 11) is 0.